The molecule has 33 heavy (non-hydrogen) atoms. The highest BCUT2D eigenvalue weighted by Crippen LogP contribution is 2.10. The van der Waals surface area contributed by atoms with Crippen LogP contribution in [0.1, 0.15) is 34.0 Å². The average Bonchev–Trinajstić information content (AvgIpc) is 2.86. The van der Waals surface area contributed by atoms with Crippen molar-refractivity contribution < 1.29 is 4.79 Å². The smallest absolute Gasteiger partial charge is 0.255 e. The van der Waals surface area contributed by atoms with Crippen molar-refractivity contribution in [1.29, 1.82) is 5.26 Å². The van der Waals surface area contributed by atoms with Gasteiger partial charge in [-0.1, -0.05) is 30.3 Å². The largest absolute Gasteiger partial charge is 0.397 e. The Balaban J connectivity index is 0.000000218. The molecular formula is C25H31N7O. The first-order valence-electron chi connectivity index (χ1n) is 10.7. The van der Waals surface area contributed by atoms with Gasteiger partial charge in [0.25, 0.3) is 5.91 Å². The Kier molecular flexibility index (Phi) is 10.5. The third-order valence-corrected chi connectivity index (χ3v) is 4.84. The highest BCUT2D eigenvalue weighted by molar-refractivity contribution is 5.94. The van der Waals surface area contributed by atoms with E-state index in [0.717, 1.165) is 31.6 Å². The molecule has 5 N–H and O–H groups in total. The molecule has 1 aliphatic heterocycles. The van der Waals surface area contributed by atoms with Gasteiger partial charge in [-0.3, -0.25) is 14.8 Å². The number of amides is 1. The van der Waals surface area contributed by atoms with Gasteiger partial charge in [0.15, 0.2) is 0 Å². The Morgan fingerprint density at radius 3 is 2.52 bits per heavy atom. The third-order valence-electron chi connectivity index (χ3n) is 4.84. The zero-order chi connectivity index (χ0) is 24.1. The molecule has 4 rings (SSSR count). The van der Waals surface area contributed by atoms with Gasteiger partial charge in [-0.05, 0) is 43.7 Å². The van der Waals surface area contributed by atoms with Crippen LogP contribution in [-0.4, -0.2) is 53.5 Å². The van der Waals surface area contributed by atoms with Crippen molar-refractivity contribution in [1.82, 2.24) is 20.2 Å². The van der Waals surface area contributed by atoms with E-state index in [4.69, 9.17) is 11.0 Å². The molecule has 8 heteroatoms. The summed E-state index contributed by atoms with van der Waals surface area (Å²) in [7, 11) is 1.50. The number of rotatable bonds is 3. The molecule has 172 valence electrons. The van der Waals surface area contributed by atoms with Crippen LogP contribution in [0.15, 0.2) is 67.3 Å². The lowest BCUT2D eigenvalue weighted by Gasteiger charge is -2.31. The normalized spacial score (nSPS) is 14.6. The number of nitrogens with zero attached hydrogens (tertiary/aromatic N) is 4. The molecule has 0 radical (unpaired) electrons. The summed E-state index contributed by atoms with van der Waals surface area (Å²) in [6.07, 6.45) is 7.30. The minimum Gasteiger partial charge on any atom is -0.397 e. The third kappa shape index (κ3) is 8.33. The quantitative estimate of drug-likeness (QED) is 0.563. The van der Waals surface area contributed by atoms with Crippen molar-refractivity contribution in [3.63, 3.8) is 0 Å². The molecule has 8 nitrogen and oxygen atoms in total. The summed E-state index contributed by atoms with van der Waals surface area (Å²) in [5.74, 6) is 0.00755. The van der Waals surface area contributed by atoms with E-state index in [9.17, 15) is 4.79 Å². The number of carbonyl (C=O) groups excluding carboxylic acids is 1. The maximum atomic E-state index is 12.1. The summed E-state index contributed by atoms with van der Waals surface area (Å²) in [4.78, 5) is 21.9. The van der Waals surface area contributed by atoms with Gasteiger partial charge in [0, 0.05) is 50.5 Å². The second kappa shape index (κ2) is 13.6. The van der Waals surface area contributed by atoms with Gasteiger partial charge < -0.3 is 21.7 Å². The number of nitrogens with one attached hydrogen (secondary N) is 1. The predicted molar refractivity (Wildman–Crippen MR) is 130 cm³/mol. The molecule has 1 amide bonds. The molecule has 2 aromatic heterocycles. The minimum absolute atomic E-state index is 0.00755. The topological polar surface area (TPSA) is 134 Å². The Bertz CT molecular complexity index is 1050. The maximum absolute atomic E-state index is 12.1. The minimum atomic E-state index is 0.00755. The summed E-state index contributed by atoms with van der Waals surface area (Å²) in [6.45, 7) is 4.37. The molecule has 0 bridgehead atoms. The van der Waals surface area contributed by atoms with E-state index in [0.29, 0.717) is 22.9 Å². The van der Waals surface area contributed by atoms with E-state index in [-0.39, 0.29) is 5.91 Å². The fourth-order valence-electron chi connectivity index (χ4n) is 3.35. The number of pyridine rings is 2. The molecule has 0 spiro atoms. The number of hydrogen-bond donors (Lipinski definition) is 3. The molecule has 1 atom stereocenters. The zero-order valence-corrected chi connectivity index (χ0v) is 19.1. The number of carbonyl (C=O) groups is 1. The van der Waals surface area contributed by atoms with Gasteiger partial charge in [0.1, 0.15) is 6.07 Å². The number of anilines is 1. The number of benzene rings is 1. The Hall–Kier alpha value is -3.80. The van der Waals surface area contributed by atoms with Crippen molar-refractivity contribution in [3.8, 4) is 6.07 Å². The van der Waals surface area contributed by atoms with Crippen LogP contribution in [0.25, 0.3) is 0 Å². The average molecular weight is 446 g/mol. The monoisotopic (exact) mass is 445 g/mol. The first kappa shape index (κ1) is 25.5. The molecule has 1 saturated heterocycles. The van der Waals surface area contributed by atoms with Crippen molar-refractivity contribution in [2.45, 2.75) is 19.4 Å². The fourth-order valence-corrected chi connectivity index (χ4v) is 3.35. The van der Waals surface area contributed by atoms with Crippen LogP contribution in [0.5, 0.6) is 0 Å². The highest BCUT2D eigenvalue weighted by atomic mass is 16.2. The van der Waals surface area contributed by atoms with Crippen LogP contribution in [0, 0.1) is 11.3 Å². The van der Waals surface area contributed by atoms with E-state index in [1.54, 1.807) is 24.7 Å². The molecule has 1 aromatic carbocycles. The number of piperazine rings is 1. The van der Waals surface area contributed by atoms with Crippen molar-refractivity contribution >= 4 is 11.6 Å². The van der Waals surface area contributed by atoms with Crippen LogP contribution in [0.3, 0.4) is 0 Å². The van der Waals surface area contributed by atoms with E-state index >= 15 is 0 Å². The molecule has 0 saturated carbocycles. The maximum Gasteiger partial charge on any atom is 0.255 e. The van der Waals surface area contributed by atoms with Crippen molar-refractivity contribution in [3.05, 3.63) is 89.5 Å². The molecule has 1 unspecified atom stereocenters. The molecule has 0 aliphatic carbocycles. The van der Waals surface area contributed by atoms with Crippen LogP contribution < -0.4 is 16.8 Å². The van der Waals surface area contributed by atoms with Gasteiger partial charge in [0.05, 0.1) is 16.8 Å². The zero-order valence-electron chi connectivity index (χ0n) is 19.1. The van der Waals surface area contributed by atoms with Crippen LogP contribution in [0.2, 0.25) is 0 Å². The summed E-state index contributed by atoms with van der Waals surface area (Å²) >= 11 is 0. The van der Waals surface area contributed by atoms with Gasteiger partial charge >= 0.3 is 0 Å². The van der Waals surface area contributed by atoms with Gasteiger partial charge in [0.2, 0.25) is 0 Å². The standard InChI is InChI=1S/C13H10N2.C11H16N4O.CH5N/c14-8-13-7-12(9-15-10-13)6-11-4-2-1-3-5-11;1-8-7-15(3-2-14-8)11(16)9-4-10(12)6-13-5-9;1-2/h1-5,7,9-10H,6H2;4-6,8,14H,2-3,7,12H2,1H3;2H2,1H3. The Morgan fingerprint density at radius 2 is 1.85 bits per heavy atom. The number of hydrogen-bond acceptors (Lipinski definition) is 7. The number of aromatic nitrogens is 2. The fraction of sp³-hybridized carbons (Fsp3) is 0.280. The van der Waals surface area contributed by atoms with Crippen LogP contribution in [0.4, 0.5) is 5.69 Å². The highest BCUT2D eigenvalue weighted by Gasteiger charge is 2.21. The van der Waals surface area contributed by atoms with E-state index in [1.165, 1.54) is 18.8 Å². The molecule has 1 aliphatic rings. The summed E-state index contributed by atoms with van der Waals surface area (Å²) in [5, 5.41) is 12.0. The number of nitriles is 1. The van der Waals surface area contributed by atoms with Gasteiger partial charge in [-0.25, -0.2) is 0 Å². The summed E-state index contributed by atoms with van der Waals surface area (Å²) < 4.78 is 0. The predicted octanol–water partition coefficient (Wildman–Crippen LogP) is 2.22. The summed E-state index contributed by atoms with van der Waals surface area (Å²) in [6, 6.07) is 16.1. The molecule has 3 heterocycles. The van der Waals surface area contributed by atoms with Crippen molar-refractivity contribution in [2.75, 3.05) is 32.4 Å². The number of nitrogen functional groups attached to an aromatic ring is 1. The Morgan fingerprint density at radius 1 is 1.12 bits per heavy atom. The van der Waals surface area contributed by atoms with Crippen LogP contribution >= 0.6 is 0 Å². The second-order valence-electron chi connectivity index (χ2n) is 7.47. The van der Waals surface area contributed by atoms with E-state index in [2.05, 4.69) is 46.1 Å². The first-order chi connectivity index (χ1) is 16.0. The SMILES string of the molecule is CC1CN(C(=O)c2cncc(N)c2)CCN1.CN.N#Cc1cncc(Cc2ccccc2)c1. The number of nitrogens with two attached hydrogens (primary N) is 2. The van der Waals surface area contributed by atoms with Crippen molar-refractivity contribution in [2.24, 2.45) is 5.73 Å². The molecular weight excluding hydrogens is 414 g/mol. The summed E-state index contributed by atoms with van der Waals surface area (Å²) in [5.41, 5.74) is 14.1. The first-order valence-corrected chi connectivity index (χ1v) is 10.7. The lowest BCUT2D eigenvalue weighted by atomic mass is 10.1. The molecule has 1 fully saturated rings. The van der Waals surface area contributed by atoms with Gasteiger partial charge in [-0.2, -0.15) is 5.26 Å². The lowest BCUT2D eigenvalue weighted by molar-refractivity contribution is 0.0708. The second-order valence-corrected chi connectivity index (χ2v) is 7.47. The van der Waals surface area contributed by atoms with E-state index in [1.807, 2.05) is 29.2 Å². The van der Waals surface area contributed by atoms with Crippen LogP contribution in [-0.2, 0) is 6.42 Å². The van der Waals surface area contributed by atoms with E-state index < -0.39 is 0 Å². The lowest BCUT2D eigenvalue weighted by Crippen LogP contribution is -2.51. The molecule has 3 aromatic rings. The Labute approximate surface area is 195 Å². The van der Waals surface area contributed by atoms with Gasteiger partial charge in [-0.15, -0.1) is 0 Å².